The van der Waals surface area contributed by atoms with Gasteiger partial charge < -0.3 is 24.8 Å². The SMILES string of the molecule is COCc1cn2c(Nc3cc(C4CC(OC(=O)NC5(C)CC5)CO4)[nH]n3)nccc2n1. The molecule has 11 nitrogen and oxygen atoms in total. The van der Waals surface area contributed by atoms with Crippen LogP contribution in [0.1, 0.15) is 43.7 Å². The van der Waals surface area contributed by atoms with E-state index in [-0.39, 0.29) is 23.8 Å². The van der Waals surface area contributed by atoms with Crippen molar-refractivity contribution in [3.8, 4) is 0 Å². The number of aromatic nitrogens is 5. The van der Waals surface area contributed by atoms with Crippen LogP contribution in [0.5, 0.6) is 0 Å². The number of aromatic amines is 1. The molecule has 3 aromatic rings. The molecule has 1 saturated heterocycles. The van der Waals surface area contributed by atoms with E-state index in [1.54, 1.807) is 13.3 Å². The third-order valence-electron chi connectivity index (χ3n) is 5.55. The molecule has 0 aromatic carbocycles. The predicted octanol–water partition coefficient (Wildman–Crippen LogP) is 2.45. The lowest BCUT2D eigenvalue weighted by Crippen LogP contribution is -2.37. The van der Waals surface area contributed by atoms with Crippen LogP contribution in [0.2, 0.25) is 0 Å². The molecule has 1 aliphatic heterocycles. The Balaban J connectivity index is 1.22. The molecule has 1 saturated carbocycles. The highest BCUT2D eigenvalue weighted by Gasteiger charge is 2.40. The highest BCUT2D eigenvalue weighted by Crippen LogP contribution is 2.35. The van der Waals surface area contributed by atoms with Gasteiger partial charge in [-0.05, 0) is 25.8 Å². The van der Waals surface area contributed by atoms with Crippen molar-refractivity contribution < 1.29 is 19.0 Å². The van der Waals surface area contributed by atoms with Crippen molar-refractivity contribution in [3.63, 3.8) is 0 Å². The van der Waals surface area contributed by atoms with Crippen molar-refractivity contribution in [3.05, 3.63) is 35.9 Å². The summed E-state index contributed by atoms with van der Waals surface area (Å²) in [4.78, 5) is 20.9. The van der Waals surface area contributed by atoms with Crippen molar-refractivity contribution in [1.29, 1.82) is 0 Å². The van der Waals surface area contributed by atoms with Crippen molar-refractivity contribution in [2.75, 3.05) is 19.0 Å². The first kappa shape index (κ1) is 19.8. The maximum Gasteiger partial charge on any atom is 0.407 e. The summed E-state index contributed by atoms with van der Waals surface area (Å²) in [5.74, 6) is 1.19. The van der Waals surface area contributed by atoms with Crippen molar-refractivity contribution in [1.82, 2.24) is 29.9 Å². The summed E-state index contributed by atoms with van der Waals surface area (Å²) in [5, 5.41) is 13.4. The number of rotatable bonds is 7. The fourth-order valence-electron chi connectivity index (χ4n) is 3.60. The van der Waals surface area contributed by atoms with E-state index in [9.17, 15) is 4.79 Å². The Morgan fingerprint density at radius 1 is 1.45 bits per heavy atom. The Bertz CT molecular complexity index is 1090. The van der Waals surface area contributed by atoms with E-state index >= 15 is 0 Å². The Labute approximate surface area is 178 Å². The topological polar surface area (TPSA) is 128 Å². The summed E-state index contributed by atoms with van der Waals surface area (Å²) in [7, 11) is 1.63. The summed E-state index contributed by atoms with van der Waals surface area (Å²) in [6.07, 6.45) is 5.22. The Morgan fingerprint density at radius 2 is 2.32 bits per heavy atom. The number of imidazole rings is 1. The van der Waals surface area contributed by atoms with Gasteiger partial charge in [-0.25, -0.2) is 14.8 Å². The first-order chi connectivity index (χ1) is 15.0. The summed E-state index contributed by atoms with van der Waals surface area (Å²) in [5.41, 5.74) is 2.28. The number of fused-ring (bicyclic) bond motifs is 1. The van der Waals surface area contributed by atoms with E-state index in [4.69, 9.17) is 14.2 Å². The molecule has 2 fully saturated rings. The van der Waals surface area contributed by atoms with Gasteiger partial charge >= 0.3 is 6.09 Å². The lowest BCUT2D eigenvalue weighted by atomic mass is 10.1. The Hall–Kier alpha value is -3.18. The van der Waals surface area contributed by atoms with Gasteiger partial charge in [-0.1, -0.05) is 0 Å². The molecule has 3 N–H and O–H groups in total. The van der Waals surface area contributed by atoms with Crippen LogP contribution < -0.4 is 10.6 Å². The number of H-pyrrole nitrogens is 1. The molecule has 1 amide bonds. The smallest absolute Gasteiger partial charge is 0.407 e. The van der Waals surface area contributed by atoms with Crippen LogP contribution in [0.25, 0.3) is 5.65 Å². The number of alkyl carbamates (subject to hydrolysis) is 1. The van der Waals surface area contributed by atoms with Crippen molar-refractivity contribution >= 4 is 23.5 Å². The minimum atomic E-state index is -0.381. The number of carbonyl (C=O) groups is 1. The maximum absolute atomic E-state index is 12.0. The molecule has 3 aromatic heterocycles. The largest absolute Gasteiger partial charge is 0.444 e. The highest BCUT2D eigenvalue weighted by atomic mass is 16.6. The number of ether oxygens (including phenoxy) is 3. The number of methoxy groups -OCH3 is 1. The number of anilines is 2. The molecule has 11 heteroatoms. The molecule has 5 rings (SSSR count). The number of hydrogen-bond donors (Lipinski definition) is 3. The molecule has 164 valence electrons. The summed E-state index contributed by atoms with van der Waals surface area (Å²) in [6.45, 7) is 2.79. The van der Waals surface area contributed by atoms with Crippen LogP contribution in [0, 0.1) is 0 Å². The quantitative estimate of drug-likeness (QED) is 0.525. The molecule has 2 unspecified atom stereocenters. The summed E-state index contributed by atoms with van der Waals surface area (Å²) < 4.78 is 18.3. The van der Waals surface area contributed by atoms with Gasteiger partial charge in [0.25, 0.3) is 0 Å². The van der Waals surface area contributed by atoms with Crippen molar-refractivity contribution in [2.45, 2.75) is 50.5 Å². The minimum Gasteiger partial charge on any atom is -0.444 e. The van der Waals surface area contributed by atoms with Gasteiger partial charge in [0, 0.05) is 37.5 Å². The number of nitrogens with one attached hydrogen (secondary N) is 3. The molecule has 4 heterocycles. The second-order valence-electron chi connectivity index (χ2n) is 8.27. The average Bonchev–Trinajstić information content (AvgIpc) is 3.16. The van der Waals surface area contributed by atoms with E-state index in [0.29, 0.717) is 31.4 Å². The van der Waals surface area contributed by atoms with Crippen LogP contribution in [0.4, 0.5) is 16.6 Å². The van der Waals surface area contributed by atoms with Gasteiger partial charge in [-0.2, -0.15) is 5.10 Å². The Kier molecular flexibility index (Phi) is 4.98. The highest BCUT2D eigenvalue weighted by molar-refractivity contribution is 5.69. The first-order valence-electron chi connectivity index (χ1n) is 10.3. The Morgan fingerprint density at radius 3 is 3.13 bits per heavy atom. The summed E-state index contributed by atoms with van der Waals surface area (Å²) >= 11 is 0. The predicted molar refractivity (Wildman–Crippen MR) is 110 cm³/mol. The zero-order valence-corrected chi connectivity index (χ0v) is 17.4. The molecule has 2 atom stereocenters. The number of carbonyl (C=O) groups excluding carboxylic acids is 1. The molecular weight excluding hydrogens is 402 g/mol. The molecule has 1 aliphatic carbocycles. The van der Waals surface area contributed by atoms with Crippen LogP contribution in [0.3, 0.4) is 0 Å². The second-order valence-corrected chi connectivity index (χ2v) is 8.27. The van der Waals surface area contributed by atoms with Gasteiger partial charge in [-0.3, -0.25) is 9.50 Å². The number of amides is 1. The standard InChI is InChI=1S/C20H25N7O4/c1-20(4-5-20)24-19(28)31-13-7-15(30-11-13)14-8-16(26-25-14)23-18-21-6-3-17-22-12(10-29-2)9-27(17)18/h3,6,8-9,13,15H,4-5,7,10-11H2,1-2H3,(H,24,28)(H2,21,23,25,26). The first-order valence-corrected chi connectivity index (χ1v) is 10.3. The van der Waals surface area contributed by atoms with E-state index in [0.717, 1.165) is 29.9 Å². The zero-order valence-electron chi connectivity index (χ0n) is 17.4. The minimum absolute atomic E-state index is 0.101. The maximum atomic E-state index is 12.0. The fourth-order valence-corrected chi connectivity index (χ4v) is 3.60. The third kappa shape index (κ3) is 4.32. The van der Waals surface area contributed by atoms with Gasteiger partial charge in [0.1, 0.15) is 17.9 Å². The second kappa shape index (κ2) is 7.82. The monoisotopic (exact) mass is 427 g/mol. The van der Waals surface area contributed by atoms with Crippen LogP contribution in [-0.4, -0.2) is 56.0 Å². The van der Waals surface area contributed by atoms with Gasteiger partial charge in [0.05, 0.1) is 24.6 Å². The lowest BCUT2D eigenvalue weighted by molar-refractivity contribution is 0.0675. The normalized spacial score (nSPS) is 21.9. The van der Waals surface area contributed by atoms with Crippen LogP contribution in [-0.2, 0) is 20.8 Å². The number of nitrogens with zero attached hydrogens (tertiary/aromatic N) is 4. The molecule has 0 spiro atoms. The van der Waals surface area contributed by atoms with Crippen molar-refractivity contribution in [2.24, 2.45) is 0 Å². The number of hydrogen-bond acceptors (Lipinski definition) is 8. The van der Waals surface area contributed by atoms with E-state index in [1.807, 2.05) is 29.7 Å². The molecular formula is C20H25N7O4. The van der Waals surface area contributed by atoms with Crippen LogP contribution >= 0.6 is 0 Å². The third-order valence-corrected chi connectivity index (χ3v) is 5.55. The zero-order chi connectivity index (χ0) is 21.4. The van der Waals surface area contributed by atoms with Gasteiger partial charge in [0.15, 0.2) is 5.82 Å². The molecule has 31 heavy (non-hydrogen) atoms. The van der Waals surface area contributed by atoms with E-state index in [2.05, 4.69) is 30.8 Å². The van der Waals surface area contributed by atoms with E-state index in [1.165, 1.54) is 0 Å². The molecule has 0 bridgehead atoms. The van der Waals surface area contributed by atoms with Gasteiger partial charge in [0.2, 0.25) is 5.95 Å². The molecule has 2 aliphatic rings. The van der Waals surface area contributed by atoms with Gasteiger partial charge in [-0.15, -0.1) is 0 Å². The fraction of sp³-hybridized carbons (Fsp3) is 0.500. The average molecular weight is 427 g/mol. The summed E-state index contributed by atoms with van der Waals surface area (Å²) in [6, 6.07) is 3.69. The van der Waals surface area contributed by atoms with Crippen LogP contribution in [0.15, 0.2) is 24.5 Å². The lowest BCUT2D eigenvalue weighted by Gasteiger charge is -2.15. The molecule has 0 radical (unpaired) electrons. The van der Waals surface area contributed by atoms with E-state index < -0.39 is 0 Å².